The van der Waals surface area contributed by atoms with Gasteiger partial charge in [0.2, 0.25) is 0 Å². The summed E-state index contributed by atoms with van der Waals surface area (Å²) in [7, 11) is 1.29. The van der Waals surface area contributed by atoms with E-state index in [0.29, 0.717) is 0 Å². The highest BCUT2D eigenvalue weighted by atomic mass is 35.5. The number of rotatable bonds is 3. The van der Waals surface area contributed by atoms with Crippen LogP contribution in [0.2, 0.25) is 5.02 Å². The lowest BCUT2D eigenvalue weighted by molar-refractivity contribution is 0.116. The van der Waals surface area contributed by atoms with Crippen molar-refractivity contribution in [2.24, 2.45) is 5.73 Å². The lowest BCUT2D eigenvalue weighted by Crippen LogP contribution is -2.18. The van der Waals surface area contributed by atoms with Crippen molar-refractivity contribution in [1.82, 2.24) is 0 Å². The molecular weight excluding hydrogens is 228 g/mol. The van der Waals surface area contributed by atoms with E-state index in [2.05, 4.69) is 0 Å². The molecule has 84 valence electrons. The summed E-state index contributed by atoms with van der Waals surface area (Å²) >= 11 is 5.62. The van der Waals surface area contributed by atoms with Crippen LogP contribution in [0.5, 0.6) is 11.5 Å². The normalized spacial score (nSPS) is 12.9. The molecule has 0 saturated carbocycles. The summed E-state index contributed by atoms with van der Waals surface area (Å²) in [5, 5.41) is 9.29. The predicted octanol–water partition coefficient (Wildman–Crippen LogP) is 2.32. The molecule has 1 rings (SSSR count). The molecule has 3 nitrogen and oxygen atoms in total. The third-order valence-corrected chi connectivity index (χ3v) is 2.22. The van der Waals surface area contributed by atoms with E-state index in [1.54, 1.807) is 0 Å². The molecule has 0 bridgehead atoms. The van der Waals surface area contributed by atoms with E-state index in [4.69, 9.17) is 22.1 Å². The van der Waals surface area contributed by atoms with E-state index in [9.17, 15) is 13.9 Å². The Labute approximate surface area is 90.4 Å². The molecule has 1 aromatic carbocycles. The van der Waals surface area contributed by atoms with Crippen LogP contribution in [-0.2, 0) is 0 Å². The number of alkyl halides is 2. The third kappa shape index (κ3) is 2.49. The quantitative estimate of drug-likeness (QED) is 0.848. The second-order valence-electron chi connectivity index (χ2n) is 2.91. The molecule has 0 heterocycles. The van der Waals surface area contributed by atoms with Gasteiger partial charge in [0.1, 0.15) is 0 Å². The van der Waals surface area contributed by atoms with Crippen LogP contribution >= 0.6 is 11.6 Å². The Morgan fingerprint density at radius 1 is 1.47 bits per heavy atom. The number of phenolic OH excluding ortho intramolecular Hbond substituents is 1. The minimum Gasteiger partial charge on any atom is -0.503 e. The maximum atomic E-state index is 12.3. The average molecular weight is 238 g/mol. The fourth-order valence-corrected chi connectivity index (χ4v) is 1.31. The summed E-state index contributed by atoms with van der Waals surface area (Å²) in [6.45, 7) is 0. The van der Waals surface area contributed by atoms with Gasteiger partial charge in [0, 0.05) is 0 Å². The first-order valence-electron chi connectivity index (χ1n) is 4.07. The number of hydrogen-bond donors (Lipinski definition) is 2. The zero-order chi connectivity index (χ0) is 11.6. The first-order chi connectivity index (χ1) is 6.97. The molecule has 1 aromatic rings. The van der Waals surface area contributed by atoms with Gasteiger partial charge in [-0.25, -0.2) is 8.78 Å². The van der Waals surface area contributed by atoms with Crippen molar-refractivity contribution in [1.29, 1.82) is 0 Å². The van der Waals surface area contributed by atoms with Crippen molar-refractivity contribution in [2.45, 2.75) is 12.5 Å². The van der Waals surface area contributed by atoms with Crippen LogP contribution in [0.25, 0.3) is 0 Å². The molecule has 0 radical (unpaired) electrons. The van der Waals surface area contributed by atoms with Crippen molar-refractivity contribution in [2.75, 3.05) is 7.11 Å². The molecular formula is C9H10ClF2NO2. The number of benzene rings is 1. The van der Waals surface area contributed by atoms with Crippen LogP contribution in [0.15, 0.2) is 12.1 Å². The fraction of sp³-hybridized carbons (Fsp3) is 0.333. The summed E-state index contributed by atoms with van der Waals surface area (Å²) < 4.78 is 29.4. The minimum atomic E-state index is -2.70. The summed E-state index contributed by atoms with van der Waals surface area (Å²) in [6.07, 6.45) is -2.70. The van der Waals surface area contributed by atoms with E-state index in [1.807, 2.05) is 0 Å². The van der Waals surface area contributed by atoms with Gasteiger partial charge >= 0.3 is 0 Å². The molecule has 1 atom stereocenters. The zero-order valence-corrected chi connectivity index (χ0v) is 8.63. The summed E-state index contributed by atoms with van der Waals surface area (Å²) in [6, 6.07) is 0.978. The van der Waals surface area contributed by atoms with E-state index in [1.165, 1.54) is 19.2 Å². The molecule has 0 unspecified atom stereocenters. The standard InChI is InChI=1S/C9H10ClF2NO2/c1-15-6-3-4(7(13)9(11)12)2-5(10)8(6)14/h2-3,7,9,14H,13H2,1H3/t7-/m1/s1. The van der Waals surface area contributed by atoms with Crippen molar-refractivity contribution in [3.8, 4) is 11.5 Å². The van der Waals surface area contributed by atoms with E-state index < -0.39 is 12.5 Å². The van der Waals surface area contributed by atoms with Crippen LogP contribution in [0, 0.1) is 0 Å². The topological polar surface area (TPSA) is 55.5 Å². The van der Waals surface area contributed by atoms with Gasteiger partial charge in [0.25, 0.3) is 6.43 Å². The molecule has 0 aliphatic rings. The average Bonchev–Trinajstić information content (AvgIpc) is 2.20. The number of halogens is 3. The molecule has 3 N–H and O–H groups in total. The van der Waals surface area contributed by atoms with Crippen molar-refractivity contribution in [3.63, 3.8) is 0 Å². The highest BCUT2D eigenvalue weighted by molar-refractivity contribution is 6.32. The van der Waals surface area contributed by atoms with E-state index >= 15 is 0 Å². The van der Waals surface area contributed by atoms with E-state index in [0.717, 1.165) is 0 Å². The molecule has 6 heteroatoms. The van der Waals surface area contributed by atoms with Crippen LogP contribution in [0.3, 0.4) is 0 Å². The molecule has 0 aromatic heterocycles. The second kappa shape index (κ2) is 4.63. The molecule has 15 heavy (non-hydrogen) atoms. The Morgan fingerprint density at radius 3 is 2.53 bits per heavy atom. The van der Waals surface area contributed by atoms with Crippen LogP contribution in [-0.4, -0.2) is 18.6 Å². The SMILES string of the molecule is COc1cc([C@@H](N)C(F)F)cc(Cl)c1O. The van der Waals surface area contributed by atoms with Gasteiger partial charge in [-0.2, -0.15) is 0 Å². The molecule has 0 saturated heterocycles. The maximum Gasteiger partial charge on any atom is 0.257 e. The number of ether oxygens (including phenoxy) is 1. The van der Waals surface area contributed by atoms with E-state index in [-0.39, 0.29) is 22.1 Å². The predicted molar refractivity (Wildman–Crippen MR) is 52.6 cm³/mol. The highest BCUT2D eigenvalue weighted by Gasteiger charge is 2.20. The van der Waals surface area contributed by atoms with Gasteiger partial charge in [-0.3, -0.25) is 0 Å². The summed E-state index contributed by atoms with van der Waals surface area (Å²) in [4.78, 5) is 0. The molecule has 0 aliphatic heterocycles. The van der Waals surface area contributed by atoms with Crippen LogP contribution in [0.4, 0.5) is 8.78 Å². The van der Waals surface area contributed by atoms with Crippen molar-refractivity contribution >= 4 is 11.6 Å². The fourth-order valence-electron chi connectivity index (χ4n) is 1.09. The Balaban J connectivity index is 3.16. The first-order valence-corrected chi connectivity index (χ1v) is 4.45. The third-order valence-electron chi connectivity index (χ3n) is 1.93. The van der Waals surface area contributed by atoms with Gasteiger partial charge < -0.3 is 15.6 Å². The number of hydrogen-bond acceptors (Lipinski definition) is 3. The van der Waals surface area contributed by atoms with Crippen LogP contribution in [0.1, 0.15) is 11.6 Å². The number of methoxy groups -OCH3 is 1. The lowest BCUT2D eigenvalue weighted by atomic mass is 10.1. The first kappa shape index (κ1) is 12.0. The zero-order valence-electron chi connectivity index (χ0n) is 7.88. The molecule has 0 aliphatic carbocycles. The molecule has 0 fully saturated rings. The molecule has 0 amide bonds. The summed E-state index contributed by atoms with van der Waals surface area (Å²) in [5.74, 6) is -0.266. The maximum absolute atomic E-state index is 12.3. The number of aromatic hydroxyl groups is 1. The minimum absolute atomic E-state index is 0.0219. The van der Waals surface area contributed by atoms with Gasteiger partial charge in [-0.05, 0) is 17.7 Å². The number of nitrogens with two attached hydrogens (primary N) is 1. The second-order valence-corrected chi connectivity index (χ2v) is 3.32. The van der Waals surface area contributed by atoms with Crippen molar-refractivity contribution < 1.29 is 18.6 Å². The Hall–Kier alpha value is -1.07. The van der Waals surface area contributed by atoms with Gasteiger partial charge in [0.15, 0.2) is 11.5 Å². The molecule has 0 spiro atoms. The Kier molecular flexibility index (Phi) is 3.71. The highest BCUT2D eigenvalue weighted by Crippen LogP contribution is 2.37. The van der Waals surface area contributed by atoms with Crippen molar-refractivity contribution in [3.05, 3.63) is 22.7 Å². The summed E-state index contributed by atoms with van der Waals surface area (Å²) in [5.41, 5.74) is 5.35. The van der Waals surface area contributed by atoms with Gasteiger partial charge in [-0.1, -0.05) is 11.6 Å². The Bertz CT molecular complexity index is 360. The number of phenols is 1. The van der Waals surface area contributed by atoms with Crippen LogP contribution < -0.4 is 10.5 Å². The Morgan fingerprint density at radius 2 is 2.07 bits per heavy atom. The van der Waals surface area contributed by atoms with Gasteiger partial charge in [-0.15, -0.1) is 0 Å². The lowest BCUT2D eigenvalue weighted by Gasteiger charge is -2.13. The van der Waals surface area contributed by atoms with Gasteiger partial charge in [0.05, 0.1) is 18.2 Å². The largest absolute Gasteiger partial charge is 0.503 e. The monoisotopic (exact) mass is 237 g/mol. The smallest absolute Gasteiger partial charge is 0.257 e.